The van der Waals surface area contributed by atoms with Gasteiger partial charge in [0.25, 0.3) is 5.69 Å². The van der Waals surface area contributed by atoms with Crippen LogP contribution < -0.4 is 4.90 Å². The van der Waals surface area contributed by atoms with Gasteiger partial charge < -0.3 is 19.0 Å². The van der Waals surface area contributed by atoms with Crippen molar-refractivity contribution in [1.82, 2.24) is 4.90 Å². The molecule has 0 unspecified atom stereocenters. The highest BCUT2D eigenvalue weighted by molar-refractivity contribution is 6.76. The van der Waals surface area contributed by atoms with E-state index in [0.717, 1.165) is 11.4 Å². The Morgan fingerprint density at radius 2 is 1.93 bits per heavy atom. The molecule has 0 bridgehead atoms. The first-order valence-corrected chi connectivity index (χ1v) is 12.8. The average Bonchev–Trinajstić information content (AvgIpc) is 3.08. The second kappa shape index (κ2) is 7.59. The maximum atomic E-state index is 12.2. The molecule has 8 nitrogen and oxygen atoms in total. The Morgan fingerprint density at radius 3 is 2.56 bits per heavy atom. The van der Waals surface area contributed by atoms with Gasteiger partial charge in [-0.25, -0.2) is 4.79 Å². The van der Waals surface area contributed by atoms with Gasteiger partial charge in [0.1, 0.15) is 0 Å². The number of hydrogen-bond acceptors (Lipinski definition) is 6. The molecule has 27 heavy (non-hydrogen) atoms. The smallest absolute Gasteiger partial charge is 0.409 e. The van der Waals surface area contributed by atoms with Gasteiger partial charge >= 0.3 is 6.09 Å². The van der Waals surface area contributed by atoms with E-state index in [2.05, 4.69) is 19.6 Å². The van der Waals surface area contributed by atoms with Gasteiger partial charge in [0.05, 0.1) is 17.8 Å². The normalized spacial score (nSPS) is 15.2. The molecule has 2 aromatic rings. The summed E-state index contributed by atoms with van der Waals surface area (Å²) in [6, 6.07) is 5.91. The van der Waals surface area contributed by atoms with Gasteiger partial charge in [-0.15, -0.1) is 0 Å². The molecule has 1 aromatic heterocycles. The van der Waals surface area contributed by atoms with E-state index in [9.17, 15) is 14.9 Å². The van der Waals surface area contributed by atoms with Crippen molar-refractivity contribution in [3.05, 3.63) is 34.6 Å². The summed E-state index contributed by atoms with van der Waals surface area (Å²) in [5.74, 6) is 0. The molecule has 2 heterocycles. The molecule has 1 fully saturated rings. The van der Waals surface area contributed by atoms with Gasteiger partial charge in [0.2, 0.25) is 0 Å². The quantitative estimate of drug-likeness (QED) is 0.436. The molecule has 1 aliphatic rings. The van der Waals surface area contributed by atoms with Gasteiger partial charge in [-0.3, -0.25) is 10.1 Å². The number of anilines is 1. The van der Waals surface area contributed by atoms with Crippen molar-refractivity contribution in [2.75, 3.05) is 37.7 Å². The van der Waals surface area contributed by atoms with Gasteiger partial charge in [0, 0.05) is 45.7 Å². The first-order chi connectivity index (χ1) is 12.8. The summed E-state index contributed by atoms with van der Waals surface area (Å²) in [6.45, 7) is 9.06. The number of benzene rings is 1. The lowest BCUT2D eigenvalue weighted by atomic mass is 10.1. The molecule has 146 valence electrons. The van der Waals surface area contributed by atoms with E-state index in [0.29, 0.717) is 44.1 Å². The number of furan rings is 1. The summed E-state index contributed by atoms with van der Waals surface area (Å²) in [5, 5.41) is 12.3. The number of nitro groups is 1. The van der Waals surface area contributed by atoms with Crippen LogP contribution in [0.2, 0.25) is 25.7 Å². The van der Waals surface area contributed by atoms with Crippen molar-refractivity contribution >= 4 is 36.5 Å². The van der Waals surface area contributed by atoms with E-state index >= 15 is 0 Å². The Balaban J connectivity index is 1.67. The number of carbonyl (C=O) groups excluding carboxylic acids is 1. The second-order valence-electron chi connectivity index (χ2n) is 7.93. The van der Waals surface area contributed by atoms with Crippen LogP contribution in [0.4, 0.5) is 16.2 Å². The zero-order chi connectivity index (χ0) is 19.6. The number of fused-ring (bicyclic) bond motifs is 1. The maximum absolute atomic E-state index is 12.2. The lowest BCUT2D eigenvalue weighted by Gasteiger charge is -2.35. The summed E-state index contributed by atoms with van der Waals surface area (Å²) < 4.78 is 10.9. The molecular formula is C18H25N3O5Si. The molecule has 1 aromatic carbocycles. The minimum Gasteiger partial charge on any atom is -0.462 e. The first-order valence-electron chi connectivity index (χ1n) is 9.07. The molecule has 0 N–H and O–H groups in total. The summed E-state index contributed by atoms with van der Waals surface area (Å²) in [6.07, 6.45) is 1.22. The summed E-state index contributed by atoms with van der Waals surface area (Å²) in [7, 11) is -1.24. The minimum absolute atomic E-state index is 0.0172. The summed E-state index contributed by atoms with van der Waals surface area (Å²) >= 11 is 0. The van der Waals surface area contributed by atoms with E-state index in [4.69, 9.17) is 9.15 Å². The van der Waals surface area contributed by atoms with E-state index in [1.165, 1.54) is 12.3 Å². The third-order valence-corrected chi connectivity index (χ3v) is 6.41. The zero-order valence-electron chi connectivity index (χ0n) is 15.9. The number of rotatable bonds is 5. The standard InChI is InChI=1S/C18H25N3O5Si/c1-27(2,3)13-12-26-18(22)20-9-7-19(8-10-20)16-15(21(23)24)5-4-14-6-11-25-17(14)16/h4-6,11H,7-10,12-13H2,1-3H3. The fraction of sp³-hybridized carbons (Fsp3) is 0.500. The van der Waals surface area contributed by atoms with Crippen LogP contribution >= 0.6 is 0 Å². The molecule has 1 saturated heterocycles. The van der Waals surface area contributed by atoms with E-state index in [1.807, 2.05) is 4.90 Å². The SMILES string of the molecule is C[Si](C)(C)CCOC(=O)N1CCN(c2c([N+](=O)[O-])ccc3ccoc23)CC1. The monoisotopic (exact) mass is 391 g/mol. The molecule has 0 radical (unpaired) electrons. The van der Waals surface area contributed by atoms with Gasteiger partial charge in [-0.2, -0.15) is 0 Å². The van der Waals surface area contributed by atoms with Gasteiger partial charge in [-0.05, 0) is 18.2 Å². The lowest BCUT2D eigenvalue weighted by Crippen LogP contribution is -2.49. The number of nitro benzene ring substituents is 1. The number of ether oxygens (including phenoxy) is 1. The Labute approximate surface area is 158 Å². The van der Waals surface area contributed by atoms with E-state index < -0.39 is 13.0 Å². The summed E-state index contributed by atoms with van der Waals surface area (Å²) in [5.41, 5.74) is 1.01. The van der Waals surface area contributed by atoms with Crippen molar-refractivity contribution in [2.24, 2.45) is 0 Å². The van der Waals surface area contributed by atoms with Crippen LogP contribution in [0.3, 0.4) is 0 Å². The second-order valence-corrected chi connectivity index (χ2v) is 13.5. The van der Waals surface area contributed by atoms with Crippen molar-refractivity contribution < 1.29 is 18.9 Å². The van der Waals surface area contributed by atoms with Crippen LogP contribution in [0, 0.1) is 10.1 Å². The minimum atomic E-state index is -1.24. The largest absolute Gasteiger partial charge is 0.462 e. The number of amides is 1. The molecule has 3 rings (SSSR count). The van der Waals surface area contributed by atoms with Crippen LogP contribution in [-0.2, 0) is 4.74 Å². The van der Waals surface area contributed by atoms with Crippen molar-refractivity contribution in [1.29, 1.82) is 0 Å². The van der Waals surface area contributed by atoms with Crippen LogP contribution in [0.5, 0.6) is 0 Å². The summed E-state index contributed by atoms with van der Waals surface area (Å²) in [4.78, 5) is 26.9. The van der Waals surface area contributed by atoms with E-state index in [-0.39, 0.29) is 11.8 Å². The molecule has 1 aliphatic heterocycles. The fourth-order valence-corrected chi connectivity index (χ4v) is 3.82. The van der Waals surface area contributed by atoms with Crippen molar-refractivity contribution in [3.63, 3.8) is 0 Å². The van der Waals surface area contributed by atoms with Gasteiger partial charge in [-0.1, -0.05) is 19.6 Å². The molecule has 0 spiro atoms. The zero-order valence-corrected chi connectivity index (χ0v) is 16.9. The van der Waals surface area contributed by atoms with Crippen LogP contribution in [0.15, 0.2) is 28.9 Å². The van der Waals surface area contributed by atoms with Crippen molar-refractivity contribution in [3.8, 4) is 0 Å². The third-order valence-electron chi connectivity index (χ3n) is 4.70. The van der Waals surface area contributed by atoms with Crippen LogP contribution in [0.25, 0.3) is 11.0 Å². The predicted octanol–water partition coefficient (Wildman–Crippen LogP) is 3.94. The fourth-order valence-electron chi connectivity index (χ4n) is 3.11. The van der Waals surface area contributed by atoms with E-state index in [1.54, 1.807) is 17.0 Å². The molecule has 1 amide bonds. The molecule has 0 aliphatic carbocycles. The Hall–Kier alpha value is -2.55. The predicted molar refractivity (Wildman–Crippen MR) is 106 cm³/mol. The topological polar surface area (TPSA) is 89.1 Å². The van der Waals surface area contributed by atoms with Crippen molar-refractivity contribution in [2.45, 2.75) is 25.7 Å². The Kier molecular flexibility index (Phi) is 5.40. The highest BCUT2D eigenvalue weighted by Gasteiger charge is 2.29. The molecular weight excluding hydrogens is 366 g/mol. The molecule has 9 heteroatoms. The Bertz CT molecular complexity index is 837. The molecule has 0 atom stereocenters. The Morgan fingerprint density at radius 1 is 1.22 bits per heavy atom. The number of nitrogens with zero attached hydrogens (tertiary/aromatic N) is 3. The van der Waals surface area contributed by atoms with Crippen LogP contribution in [-0.4, -0.2) is 56.8 Å². The van der Waals surface area contributed by atoms with Crippen LogP contribution in [0.1, 0.15) is 0 Å². The average molecular weight is 392 g/mol. The maximum Gasteiger partial charge on any atom is 0.409 e. The number of hydrogen-bond donors (Lipinski definition) is 0. The highest BCUT2D eigenvalue weighted by Crippen LogP contribution is 2.37. The van der Waals surface area contributed by atoms with Gasteiger partial charge in [0.15, 0.2) is 11.3 Å². The first kappa shape index (κ1) is 19.2. The third kappa shape index (κ3) is 4.41. The number of piperazine rings is 1. The number of carbonyl (C=O) groups is 1. The lowest BCUT2D eigenvalue weighted by molar-refractivity contribution is -0.384. The highest BCUT2D eigenvalue weighted by atomic mass is 28.3. The molecule has 0 saturated carbocycles.